The monoisotopic (exact) mass is 270 g/mol. The lowest BCUT2D eigenvalue weighted by Gasteiger charge is -2.23. The number of fused-ring (bicyclic) bond motifs is 1. The molecule has 0 atom stereocenters. The molecule has 0 aliphatic heterocycles. The van der Waals surface area contributed by atoms with Crippen LogP contribution in [0.25, 0.3) is 0 Å². The number of halogens is 5. The molecule has 2 rings (SSSR count). The van der Waals surface area contributed by atoms with Crippen molar-refractivity contribution < 1.29 is 22.0 Å². The summed E-state index contributed by atoms with van der Waals surface area (Å²) in [5.74, 6) is -3.42. The van der Waals surface area contributed by atoms with Crippen LogP contribution in [0.4, 0.5) is 22.0 Å². The molecule has 0 fully saturated rings. The molecule has 2 nitrogen and oxygen atoms in total. The molecule has 0 bridgehead atoms. The fourth-order valence-corrected chi connectivity index (χ4v) is 2.03. The second-order valence-corrected chi connectivity index (χ2v) is 3.85. The molecule has 7 heteroatoms. The van der Waals surface area contributed by atoms with Gasteiger partial charge in [0.2, 0.25) is 0 Å². The van der Waals surface area contributed by atoms with Crippen molar-refractivity contribution >= 4 is 0 Å². The molecule has 1 heterocycles. The van der Waals surface area contributed by atoms with Gasteiger partial charge >= 0.3 is 6.18 Å². The van der Waals surface area contributed by atoms with Crippen molar-refractivity contribution in [1.29, 1.82) is 0 Å². The van der Waals surface area contributed by atoms with Crippen molar-refractivity contribution in [3.8, 4) is 0 Å². The average Bonchev–Trinajstić information content (AvgIpc) is 2.60. The molecule has 1 aliphatic rings. The third-order valence-electron chi connectivity index (χ3n) is 2.70. The Morgan fingerprint density at radius 3 is 2.28 bits per heavy atom. The molecule has 0 radical (unpaired) electrons. The van der Waals surface area contributed by atoms with E-state index >= 15 is 0 Å². The first-order valence-electron chi connectivity index (χ1n) is 5.75. The van der Waals surface area contributed by atoms with Crippen LogP contribution in [0.15, 0.2) is 0 Å². The predicted molar refractivity (Wildman–Crippen MR) is 56.4 cm³/mol. The van der Waals surface area contributed by atoms with Crippen molar-refractivity contribution in [3.05, 3.63) is 17.0 Å². The molecule has 1 aliphatic carbocycles. The van der Waals surface area contributed by atoms with E-state index in [2.05, 4.69) is 5.10 Å². The lowest BCUT2D eigenvalue weighted by molar-refractivity contribution is -0.146. The van der Waals surface area contributed by atoms with Crippen LogP contribution in [-0.2, 0) is 25.6 Å². The second-order valence-electron chi connectivity index (χ2n) is 3.85. The summed E-state index contributed by atoms with van der Waals surface area (Å²) in [7, 11) is 1.26. The van der Waals surface area contributed by atoms with Gasteiger partial charge in [0.1, 0.15) is 0 Å². The number of rotatable bonds is 0. The summed E-state index contributed by atoms with van der Waals surface area (Å²) < 4.78 is 65.4. The smallest absolute Gasteiger partial charge is 0.272 e. The summed E-state index contributed by atoms with van der Waals surface area (Å²) in [5, 5.41) is 3.17. The molecule has 0 aromatic carbocycles. The van der Waals surface area contributed by atoms with E-state index in [0.717, 1.165) is 4.68 Å². The largest absolute Gasteiger partial charge is 0.435 e. The molecule has 0 saturated carbocycles. The van der Waals surface area contributed by atoms with Crippen molar-refractivity contribution in [2.24, 2.45) is 7.05 Å². The highest BCUT2D eigenvalue weighted by molar-refractivity contribution is 5.34. The number of aromatic nitrogens is 2. The molecule has 0 amide bonds. The van der Waals surface area contributed by atoms with Crippen LogP contribution in [0.1, 0.15) is 43.6 Å². The topological polar surface area (TPSA) is 17.8 Å². The summed E-state index contributed by atoms with van der Waals surface area (Å²) in [4.78, 5) is 0. The Kier molecular flexibility index (Phi) is 4.02. The normalized spacial score (nSPS) is 17.8. The zero-order valence-electron chi connectivity index (χ0n) is 10.4. The van der Waals surface area contributed by atoms with Crippen LogP contribution in [0, 0.1) is 0 Å². The molecule has 104 valence electrons. The molecule has 0 unspecified atom stereocenters. The summed E-state index contributed by atoms with van der Waals surface area (Å²) in [5.41, 5.74) is -2.40. The standard InChI is InChI=1S/C9H9F5N2.C2H6/c1-16-5-3-2-4-8(10,11)6(5)7(15-16)9(12,13)14;1-2/h2-4H2,1H3;1-2H3. The first-order valence-corrected chi connectivity index (χ1v) is 5.75. The fourth-order valence-electron chi connectivity index (χ4n) is 2.03. The first-order chi connectivity index (χ1) is 8.23. The molecular formula is C11H15F5N2. The highest BCUT2D eigenvalue weighted by atomic mass is 19.4. The first kappa shape index (κ1) is 14.9. The summed E-state index contributed by atoms with van der Waals surface area (Å²) in [6.07, 6.45) is -4.98. The Balaban J connectivity index is 0.000000771. The van der Waals surface area contributed by atoms with Gasteiger partial charge in [0.15, 0.2) is 5.69 Å². The van der Waals surface area contributed by atoms with E-state index in [-0.39, 0.29) is 18.5 Å². The van der Waals surface area contributed by atoms with E-state index in [1.54, 1.807) is 0 Å². The number of aryl methyl sites for hydroxylation is 1. The van der Waals surface area contributed by atoms with E-state index in [0.29, 0.717) is 0 Å². The van der Waals surface area contributed by atoms with Crippen LogP contribution < -0.4 is 0 Å². The summed E-state index contributed by atoms with van der Waals surface area (Å²) in [6.45, 7) is 4.00. The minimum atomic E-state index is -4.83. The molecule has 0 N–H and O–H groups in total. The maximum atomic E-state index is 13.4. The van der Waals surface area contributed by atoms with Crippen LogP contribution in [0.2, 0.25) is 0 Å². The van der Waals surface area contributed by atoms with Crippen LogP contribution >= 0.6 is 0 Å². The average molecular weight is 270 g/mol. The molecule has 1 aromatic heterocycles. The quantitative estimate of drug-likeness (QED) is 0.654. The Hall–Kier alpha value is -1.14. The lowest BCUT2D eigenvalue weighted by atomic mass is 9.92. The number of nitrogens with zero attached hydrogens (tertiary/aromatic N) is 2. The van der Waals surface area contributed by atoms with Gasteiger partial charge in [0.25, 0.3) is 5.92 Å². The van der Waals surface area contributed by atoms with Gasteiger partial charge in [-0.3, -0.25) is 4.68 Å². The van der Waals surface area contributed by atoms with Gasteiger partial charge < -0.3 is 0 Å². The second kappa shape index (κ2) is 4.85. The van der Waals surface area contributed by atoms with Crippen molar-refractivity contribution in [1.82, 2.24) is 9.78 Å². The van der Waals surface area contributed by atoms with Crippen LogP contribution in [0.3, 0.4) is 0 Å². The lowest BCUT2D eigenvalue weighted by Crippen LogP contribution is -2.24. The maximum Gasteiger partial charge on any atom is 0.435 e. The van der Waals surface area contributed by atoms with Gasteiger partial charge in [0.05, 0.1) is 5.56 Å². The third kappa shape index (κ3) is 2.49. The van der Waals surface area contributed by atoms with E-state index in [9.17, 15) is 22.0 Å². The molecule has 0 saturated heterocycles. The van der Waals surface area contributed by atoms with Crippen molar-refractivity contribution in [2.45, 2.75) is 45.2 Å². The Morgan fingerprint density at radius 2 is 1.78 bits per heavy atom. The van der Waals surface area contributed by atoms with E-state index in [4.69, 9.17) is 0 Å². The Bertz CT molecular complexity index is 420. The molecule has 0 spiro atoms. The maximum absolute atomic E-state index is 13.4. The van der Waals surface area contributed by atoms with Crippen molar-refractivity contribution in [3.63, 3.8) is 0 Å². The minimum absolute atomic E-state index is 0.0106. The number of hydrogen-bond acceptors (Lipinski definition) is 1. The number of hydrogen-bond donors (Lipinski definition) is 0. The van der Waals surface area contributed by atoms with Crippen molar-refractivity contribution in [2.75, 3.05) is 0 Å². The van der Waals surface area contributed by atoms with Crippen LogP contribution in [0.5, 0.6) is 0 Å². The molecular weight excluding hydrogens is 255 g/mol. The van der Waals surface area contributed by atoms with Gasteiger partial charge in [0, 0.05) is 19.2 Å². The zero-order chi connectivity index (χ0) is 14.1. The minimum Gasteiger partial charge on any atom is -0.272 e. The zero-order valence-corrected chi connectivity index (χ0v) is 10.4. The summed E-state index contributed by atoms with van der Waals surface area (Å²) >= 11 is 0. The third-order valence-corrected chi connectivity index (χ3v) is 2.70. The van der Waals surface area contributed by atoms with Gasteiger partial charge in [-0.15, -0.1) is 0 Å². The van der Waals surface area contributed by atoms with E-state index in [1.165, 1.54) is 7.05 Å². The molecule has 18 heavy (non-hydrogen) atoms. The predicted octanol–water partition coefficient (Wildman–Crippen LogP) is 3.89. The highest BCUT2D eigenvalue weighted by Crippen LogP contribution is 2.45. The van der Waals surface area contributed by atoms with E-state index in [1.807, 2.05) is 13.8 Å². The van der Waals surface area contributed by atoms with Gasteiger partial charge in [-0.2, -0.15) is 18.3 Å². The Labute approximate surface area is 102 Å². The van der Waals surface area contributed by atoms with Gasteiger partial charge in [-0.05, 0) is 12.8 Å². The van der Waals surface area contributed by atoms with Crippen LogP contribution in [-0.4, -0.2) is 9.78 Å². The fraction of sp³-hybridized carbons (Fsp3) is 0.727. The summed E-state index contributed by atoms with van der Waals surface area (Å²) in [6, 6.07) is 0. The highest BCUT2D eigenvalue weighted by Gasteiger charge is 2.49. The SMILES string of the molecule is CC.Cn1nc(C(F)(F)F)c2c1CCCC2(F)F. The number of alkyl halides is 5. The molecule has 1 aromatic rings. The van der Waals surface area contributed by atoms with Gasteiger partial charge in [-0.25, -0.2) is 8.78 Å². The van der Waals surface area contributed by atoms with E-state index < -0.39 is 29.8 Å². The Morgan fingerprint density at radius 1 is 1.22 bits per heavy atom. The van der Waals surface area contributed by atoms with Gasteiger partial charge in [-0.1, -0.05) is 13.8 Å².